The maximum absolute atomic E-state index is 14.3. The van der Waals surface area contributed by atoms with Gasteiger partial charge < -0.3 is 21.7 Å². The van der Waals surface area contributed by atoms with Gasteiger partial charge in [-0.25, -0.2) is 18.2 Å². The molecule has 0 saturated carbocycles. The molecule has 3 heterocycles. The number of halogens is 3. The van der Waals surface area contributed by atoms with E-state index in [4.69, 9.17) is 11.5 Å². The van der Waals surface area contributed by atoms with Crippen molar-refractivity contribution in [3.8, 4) is 11.3 Å². The fourth-order valence-corrected chi connectivity index (χ4v) is 3.96. The second-order valence-electron chi connectivity index (χ2n) is 8.10. The molecular weight excluding hydrogens is 435 g/mol. The number of benzene rings is 1. The van der Waals surface area contributed by atoms with Gasteiger partial charge in [0.2, 0.25) is 0 Å². The van der Waals surface area contributed by atoms with Crippen LogP contribution in [-0.2, 0) is 7.05 Å². The molecule has 5 N–H and O–H groups in total. The Balaban J connectivity index is 1.63. The third-order valence-corrected chi connectivity index (χ3v) is 5.50. The number of rotatable bonds is 4. The molecule has 1 saturated heterocycles. The third-order valence-electron chi connectivity index (χ3n) is 5.50. The van der Waals surface area contributed by atoms with Gasteiger partial charge in [-0.2, -0.15) is 5.10 Å². The van der Waals surface area contributed by atoms with Crippen LogP contribution in [-0.4, -0.2) is 45.7 Å². The molecule has 1 aromatic carbocycles. The number of nitrogens with zero attached hydrogens (tertiary/aromatic N) is 4. The topological polar surface area (TPSA) is 115 Å². The van der Waals surface area contributed by atoms with E-state index >= 15 is 0 Å². The minimum Gasteiger partial charge on any atom is -0.397 e. The van der Waals surface area contributed by atoms with E-state index in [1.807, 2.05) is 0 Å². The van der Waals surface area contributed by atoms with Crippen molar-refractivity contribution in [2.75, 3.05) is 29.0 Å². The predicted octanol–water partition coefficient (Wildman–Crippen LogP) is 3.02. The number of anilines is 3. The summed E-state index contributed by atoms with van der Waals surface area (Å²) >= 11 is 0. The van der Waals surface area contributed by atoms with Crippen molar-refractivity contribution in [2.45, 2.75) is 24.8 Å². The molecule has 0 aliphatic carbocycles. The average molecular weight is 459 g/mol. The fourth-order valence-electron chi connectivity index (χ4n) is 3.96. The fraction of sp³-hybridized carbons (Fsp3) is 0.318. The van der Waals surface area contributed by atoms with Gasteiger partial charge in [0.25, 0.3) is 11.8 Å². The maximum atomic E-state index is 14.3. The number of aryl methyl sites for hydroxylation is 1. The molecule has 1 amide bonds. The maximum Gasteiger partial charge on any atom is 0.276 e. The number of carbonyl (C=O) groups is 1. The zero-order valence-electron chi connectivity index (χ0n) is 17.9. The summed E-state index contributed by atoms with van der Waals surface area (Å²) in [6.45, 7) is -0.269. The van der Waals surface area contributed by atoms with E-state index in [1.54, 1.807) is 25.2 Å². The van der Waals surface area contributed by atoms with Crippen LogP contribution in [0.2, 0.25) is 0 Å². The highest BCUT2D eigenvalue weighted by atomic mass is 19.3. The van der Waals surface area contributed by atoms with Crippen LogP contribution in [0, 0.1) is 5.82 Å². The summed E-state index contributed by atoms with van der Waals surface area (Å²) in [6, 6.07) is 8.39. The number of nitrogens with two attached hydrogens (primary N) is 2. The lowest BCUT2D eigenvalue weighted by molar-refractivity contribution is -0.000527. The molecule has 1 aliphatic heterocycles. The van der Waals surface area contributed by atoms with E-state index in [1.165, 1.54) is 34.0 Å². The zero-order valence-corrected chi connectivity index (χ0v) is 17.9. The standard InChI is InChI=1S/C22H24F3N7O/c1-31-21(32-9-8-13(26)10-22(24,25)12-32)18(11-28-31)30-20(33)19-16(27)6-7-17(29-19)14-4-2-3-5-15(14)23/h2-7,11,13H,8-10,12,26-27H2,1H3,(H,30,33). The van der Waals surface area contributed by atoms with Crippen molar-refractivity contribution in [1.82, 2.24) is 14.8 Å². The first kappa shape index (κ1) is 22.6. The Labute approximate surface area is 188 Å². The molecule has 0 bridgehead atoms. The molecule has 4 rings (SSSR count). The smallest absolute Gasteiger partial charge is 0.276 e. The Hall–Kier alpha value is -3.60. The summed E-state index contributed by atoms with van der Waals surface area (Å²) < 4.78 is 44.3. The molecule has 0 spiro atoms. The van der Waals surface area contributed by atoms with Gasteiger partial charge in [-0.15, -0.1) is 0 Å². The predicted molar refractivity (Wildman–Crippen MR) is 120 cm³/mol. The van der Waals surface area contributed by atoms with Crippen molar-refractivity contribution in [1.29, 1.82) is 0 Å². The van der Waals surface area contributed by atoms with Crippen LogP contribution in [0.4, 0.5) is 30.4 Å². The number of hydrogen-bond donors (Lipinski definition) is 3. The largest absolute Gasteiger partial charge is 0.397 e. The van der Waals surface area contributed by atoms with Crippen LogP contribution < -0.4 is 21.7 Å². The van der Waals surface area contributed by atoms with Crippen LogP contribution in [0.15, 0.2) is 42.6 Å². The molecule has 3 aromatic rings. The first-order valence-corrected chi connectivity index (χ1v) is 10.4. The number of hydrogen-bond acceptors (Lipinski definition) is 6. The van der Waals surface area contributed by atoms with Gasteiger partial charge in [0, 0.05) is 31.6 Å². The Bertz CT molecular complexity index is 1180. The van der Waals surface area contributed by atoms with Crippen LogP contribution >= 0.6 is 0 Å². The summed E-state index contributed by atoms with van der Waals surface area (Å²) in [7, 11) is 1.60. The molecule has 11 heteroatoms. The Morgan fingerprint density at radius 1 is 1.24 bits per heavy atom. The minimum atomic E-state index is -2.98. The van der Waals surface area contributed by atoms with Gasteiger partial charge in [-0.3, -0.25) is 9.48 Å². The summed E-state index contributed by atoms with van der Waals surface area (Å²) in [5.74, 6) is -3.82. The van der Waals surface area contributed by atoms with E-state index in [-0.39, 0.29) is 34.9 Å². The van der Waals surface area contributed by atoms with Crippen molar-refractivity contribution >= 4 is 23.1 Å². The number of nitrogens with one attached hydrogen (secondary N) is 1. The Morgan fingerprint density at radius 3 is 2.76 bits per heavy atom. The van der Waals surface area contributed by atoms with E-state index < -0.39 is 36.7 Å². The van der Waals surface area contributed by atoms with Crippen molar-refractivity contribution in [2.24, 2.45) is 12.8 Å². The highest BCUT2D eigenvalue weighted by Crippen LogP contribution is 2.33. The van der Waals surface area contributed by atoms with Crippen LogP contribution in [0.1, 0.15) is 23.3 Å². The number of pyridine rings is 1. The molecular formula is C22H24F3N7O. The molecule has 33 heavy (non-hydrogen) atoms. The second kappa shape index (κ2) is 8.74. The Morgan fingerprint density at radius 2 is 2.00 bits per heavy atom. The minimum absolute atomic E-state index is 0.0882. The van der Waals surface area contributed by atoms with Crippen molar-refractivity contribution in [3.63, 3.8) is 0 Å². The van der Waals surface area contributed by atoms with Gasteiger partial charge in [0.1, 0.15) is 11.5 Å². The summed E-state index contributed by atoms with van der Waals surface area (Å²) in [6.07, 6.45) is 1.33. The average Bonchev–Trinajstić information content (AvgIpc) is 3.04. The van der Waals surface area contributed by atoms with Crippen LogP contribution in [0.25, 0.3) is 11.3 Å². The molecule has 1 unspecified atom stereocenters. The van der Waals surface area contributed by atoms with E-state index in [2.05, 4.69) is 15.4 Å². The highest BCUT2D eigenvalue weighted by Gasteiger charge is 2.38. The molecule has 1 fully saturated rings. The van der Waals surface area contributed by atoms with Crippen molar-refractivity contribution in [3.05, 3.63) is 54.1 Å². The monoisotopic (exact) mass is 459 g/mol. The third kappa shape index (κ3) is 4.77. The lowest BCUT2D eigenvalue weighted by atomic mass is 10.1. The van der Waals surface area contributed by atoms with Crippen LogP contribution in [0.3, 0.4) is 0 Å². The molecule has 174 valence electrons. The van der Waals surface area contributed by atoms with Crippen molar-refractivity contribution < 1.29 is 18.0 Å². The first-order valence-electron chi connectivity index (χ1n) is 10.4. The molecule has 0 radical (unpaired) electrons. The molecule has 1 aliphatic rings. The number of aromatic nitrogens is 3. The summed E-state index contributed by atoms with van der Waals surface area (Å²) in [5.41, 5.74) is 12.4. The second-order valence-corrected chi connectivity index (χ2v) is 8.10. The lowest BCUT2D eigenvalue weighted by Gasteiger charge is -2.27. The van der Waals surface area contributed by atoms with Crippen LogP contribution in [0.5, 0.6) is 0 Å². The summed E-state index contributed by atoms with van der Waals surface area (Å²) in [5, 5.41) is 6.78. The quantitative estimate of drug-likeness (QED) is 0.553. The lowest BCUT2D eigenvalue weighted by Crippen LogP contribution is -2.37. The number of carbonyl (C=O) groups excluding carboxylic acids is 1. The van der Waals surface area contributed by atoms with E-state index in [0.29, 0.717) is 12.2 Å². The summed E-state index contributed by atoms with van der Waals surface area (Å²) in [4.78, 5) is 18.7. The molecule has 8 nitrogen and oxygen atoms in total. The molecule has 1 atom stereocenters. The van der Waals surface area contributed by atoms with Gasteiger partial charge in [0.15, 0.2) is 11.5 Å². The normalized spacial score (nSPS) is 18.1. The first-order chi connectivity index (χ1) is 15.6. The number of alkyl halides is 2. The van der Waals surface area contributed by atoms with E-state index in [9.17, 15) is 18.0 Å². The highest BCUT2D eigenvalue weighted by molar-refractivity contribution is 6.07. The van der Waals surface area contributed by atoms with Gasteiger partial charge in [0.05, 0.1) is 24.1 Å². The van der Waals surface area contributed by atoms with Gasteiger partial charge in [-0.05, 0) is 30.7 Å². The SMILES string of the molecule is Cn1ncc(NC(=O)c2nc(-c3ccccc3F)ccc2N)c1N1CCC(N)CC(F)(F)C1. The van der Waals surface area contributed by atoms with Gasteiger partial charge >= 0.3 is 0 Å². The number of nitrogen functional groups attached to an aromatic ring is 1. The molecule has 2 aromatic heterocycles. The van der Waals surface area contributed by atoms with Gasteiger partial charge in [-0.1, -0.05) is 12.1 Å². The Kier molecular flexibility index (Phi) is 5.98. The number of amides is 1. The van der Waals surface area contributed by atoms with E-state index in [0.717, 1.165) is 0 Å². The zero-order chi connectivity index (χ0) is 23.8.